The molecule has 0 aromatic heterocycles. The largest absolute Gasteiger partial charge is 0.480 e. The summed E-state index contributed by atoms with van der Waals surface area (Å²) in [6.07, 6.45) is 0.767. The summed E-state index contributed by atoms with van der Waals surface area (Å²) in [5, 5.41) is 10.0. The van der Waals surface area contributed by atoms with Crippen molar-refractivity contribution in [3.63, 3.8) is 0 Å². The molecule has 1 radical (unpaired) electrons. The highest BCUT2D eigenvalue weighted by atomic mass is 16.4. The molecule has 4 nitrogen and oxygen atoms in total. The van der Waals surface area contributed by atoms with Gasteiger partial charge in [-0.1, -0.05) is 6.58 Å². The van der Waals surface area contributed by atoms with E-state index >= 15 is 0 Å². The predicted molar refractivity (Wildman–Crippen MR) is 29.5 cm³/mol. The molecule has 0 rings (SSSR count). The van der Waals surface area contributed by atoms with Gasteiger partial charge in [0.25, 0.3) is 0 Å². The molecule has 0 aliphatic rings. The van der Waals surface area contributed by atoms with Crippen LogP contribution in [0.5, 0.6) is 0 Å². The fourth-order valence-electron chi connectivity index (χ4n) is 0.222. The van der Waals surface area contributed by atoms with Gasteiger partial charge in [0, 0.05) is 6.08 Å². The second kappa shape index (κ2) is 3.65. The Morgan fingerprint density at radius 1 is 1.67 bits per heavy atom. The van der Waals surface area contributed by atoms with E-state index in [1.54, 1.807) is 0 Å². The Balaban J connectivity index is 3.39. The zero-order valence-electron chi connectivity index (χ0n) is 4.63. The third-order valence-corrected chi connectivity index (χ3v) is 0.565. The molecule has 2 N–H and O–H groups in total. The van der Waals surface area contributed by atoms with Crippen molar-refractivity contribution in [2.75, 3.05) is 6.54 Å². The summed E-state index contributed by atoms with van der Waals surface area (Å²) in [4.78, 5) is 19.9. The van der Waals surface area contributed by atoms with Crippen LogP contribution in [0.2, 0.25) is 0 Å². The summed E-state index contributed by atoms with van der Waals surface area (Å²) in [5.41, 5.74) is 0. The fraction of sp³-hybridized carbons (Fsp3) is 0.200. The van der Waals surface area contributed by atoms with Crippen molar-refractivity contribution >= 4 is 11.9 Å². The van der Waals surface area contributed by atoms with Crippen molar-refractivity contribution in [1.29, 1.82) is 0 Å². The Labute approximate surface area is 52.2 Å². The lowest BCUT2D eigenvalue weighted by Gasteiger charge is -1.93. The van der Waals surface area contributed by atoms with Crippen LogP contribution in [0.1, 0.15) is 0 Å². The molecular formula is C5H6NO3. The number of hydrogen-bond donors (Lipinski definition) is 2. The quantitative estimate of drug-likeness (QED) is 0.488. The molecule has 0 aromatic rings. The van der Waals surface area contributed by atoms with Crippen molar-refractivity contribution in [2.24, 2.45) is 0 Å². The summed E-state index contributed by atoms with van der Waals surface area (Å²) in [6.45, 7) is 4.33. The zero-order valence-corrected chi connectivity index (χ0v) is 4.63. The topological polar surface area (TPSA) is 66.4 Å². The summed E-state index contributed by atoms with van der Waals surface area (Å²) < 4.78 is 0. The Hall–Kier alpha value is -1.32. The van der Waals surface area contributed by atoms with E-state index in [4.69, 9.17) is 11.7 Å². The highest BCUT2D eigenvalue weighted by Crippen LogP contribution is 1.64. The minimum Gasteiger partial charge on any atom is -0.480 e. The number of amides is 1. The maximum atomic E-state index is 10.2. The van der Waals surface area contributed by atoms with Gasteiger partial charge < -0.3 is 10.4 Å². The molecule has 0 atom stereocenters. The first-order chi connectivity index (χ1) is 4.16. The maximum Gasteiger partial charge on any atom is 0.322 e. The van der Waals surface area contributed by atoms with Crippen LogP contribution in [0.15, 0.2) is 6.08 Å². The van der Waals surface area contributed by atoms with E-state index in [1.165, 1.54) is 0 Å². The first-order valence-electron chi connectivity index (χ1n) is 2.21. The monoisotopic (exact) mass is 128 g/mol. The molecule has 49 valence electrons. The summed E-state index contributed by atoms with van der Waals surface area (Å²) >= 11 is 0. The number of carboxylic acids is 1. The van der Waals surface area contributed by atoms with Gasteiger partial charge in [0.05, 0.1) is 0 Å². The molecule has 0 fully saturated rings. The molecule has 0 spiro atoms. The van der Waals surface area contributed by atoms with Crippen LogP contribution >= 0.6 is 0 Å². The standard InChI is InChI=1S/C5H6NO3/c1-2-4(7)6-3-5(8)9/h1-2H,3H2,(H,6,7)(H,8,9). The number of nitrogens with one attached hydrogen (secondary N) is 1. The molecule has 0 bridgehead atoms. The average Bonchev–Trinajstić information content (AvgIpc) is 1.83. The SMILES string of the molecule is [CH]=CC(=O)NCC(=O)O. The lowest BCUT2D eigenvalue weighted by atomic mass is 10.5. The van der Waals surface area contributed by atoms with Crippen molar-refractivity contribution in [2.45, 2.75) is 0 Å². The second-order valence-electron chi connectivity index (χ2n) is 1.28. The van der Waals surface area contributed by atoms with Gasteiger partial charge in [-0.25, -0.2) is 0 Å². The number of aliphatic carboxylic acids is 1. The number of carbonyl (C=O) groups is 2. The molecule has 0 aromatic carbocycles. The van der Waals surface area contributed by atoms with E-state index in [-0.39, 0.29) is 0 Å². The Bertz CT molecular complexity index is 141. The smallest absolute Gasteiger partial charge is 0.322 e. The van der Waals surface area contributed by atoms with E-state index in [1.807, 2.05) is 5.32 Å². The minimum absolute atomic E-state index is 0.396. The first kappa shape index (κ1) is 7.68. The van der Waals surface area contributed by atoms with Crippen molar-refractivity contribution in [3.05, 3.63) is 12.7 Å². The number of carbonyl (C=O) groups excluding carboxylic acids is 1. The Morgan fingerprint density at radius 2 is 2.22 bits per heavy atom. The van der Waals surface area contributed by atoms with Gasteiger partial charge in [0.1, 0.15) is 6.54 Å². The maximum absolute atomic E-state index is 10.2. The normalized spacial score (nSPS) is 8.00. The molecular weight excluding hydrogens is 122 g/mol. The number of hydrogen-bond acceptors (Lipinski definition) is 2. The van der Waals surface area contributed by atoms with Gasteiger partial charge in [-0.3, -0.25) is 9.59 Å². The molecule has 0 heterocycles. The third-order valence-electron chi connectivity index (χ3n) is 0.565. The van der Waals surface area contributed by atoms with E-state index in [9.17, 15) is 9.59 Å². The molecule has 9 heavy (non-hydrogen) atoms. The Kier molecular flexibility index (Phi) is 3.12. The molecule has 4 heteroatoms. The molecule has 0 aliphatic carbocycles. The molecule has 0 aliphatic heterocycles. The average molecular weight is 128 g/mol. The van der Waals surface area contributed by atoms with Crippen molar-refractivity contribution < 1.29 is 14.7 Å². The Morgan fingerprint density at radius 3 is 2.56 bits per heavy atom. The van der Waals surface area contributed by atoms with E-state index in [2.05, 4.69) is 0 Å². The van der Waals surface area contributed by atoms with Crippen LogP contribution in [0, 0.1) is 6.58 Å². The van der Waals surface area contributed by atoms with Crippen LogP contribution in [-0.4, -0.2) is 23.5 Å². The lowest BCUT2D eigenvalue weighted by molar-refractivity contribution is -0.137. The van der Waals surface area contributed by atoms with Gasteiger partial charge in [-0.2, -0.15) is 0 Å². The second-order valence-corrected chi connectivity index (χ2v) is 1.28. The molecule has 0 saturated heterocycles. The van der Waals surface area contributed by atoms with Crippen LogP contribution < -0.4 is 5.32 Å². The highest BCUT2D eigenvalue weighted by Gasteiger charge is 1.96. The van der Waals surface area contributed by atoms with Gasteiger partial charge in [-0.05, 0) is 0 Å². The van der Waals surface area contributed by atoms with Crippen LogP contribution in [-0.2, 0) is 9.59 Å². The van der Waals surface area contributed by atoms with Crippen molar-refractivity contribution in [3.8, 4) is 0 Å². The molecule has 1 amide bonds. The fourth-order valence-corrected chi connectivity index (χ4v) is 0.222. The minimum atomic E-state index is -1.09. The lowest BCUT2D eigenvalue weighted by Crippen LogP contribution is -2.27. The molecule has 0 unspecified atom stereocenters. The van der Waals surface area contributed by atoms with Crippen molar-refractivity contribution in [1.82, 2.24) is 5.32 Å². The number of rotatable bonds is 3. The van der Waals surface area contributed by atoms with E-state index in [0.29, 0.717) is 0 Å². The van der Waals surface area contributed by atoms with E-state index in [0.717, 1.165) is 6.08 Å². The highest BCUT2D eigenvalue weighted by molar-refractivity contribution is 5.88. The first-order valence-corrected chi connectivity index (χ1v) is 2.21. The predicted octanol–water partition coefficient (Wildman–Crippen LogP) is -0.824. The van der Waals surface area contributed by atoms with Crippen LogP contribution in [0.3, 0.4) is 0 Å². The summed E-state index contributed by atoms with van der Waals surface area (Å²) in [7, 11) is 0. The van der Waals surface area contributed by atoms with Crippen LogP contribution in [0.4, 0.5) is 0 Å². The summed E-state index contributed by atoms with van der Waals surface area (Å²) in [5.74, 6) is -1.68. The van der Waals surface area contributed by atoms with Gasteiger partial charge in [0.15, 0.2) is 0 Å². The van der Waals surface area contributed by atoms with Gasteiger partial charge >= 0.3 is 5.97 Å². The summed E-state index contributed by atoms with van der Waals surface area (Å²) in [6, 6.07) is 0. The van der Waals surface area contributed by atoms with Crippen LogP contribution in [0.25, 0.3) is 0 Å². The van der Waals surface area contributed by atoms with Gasteiger partial charge in [-0.15, -0.1) is 0 Å². The van der Waals surface area contributed by atoms with Gasteiger partial charge in [0.2, 0.25) is 5.91 Å². The van der Waals surface area contributed by atoms with E-state index < -0.39 is 18.4 Å². The molecule has 0 saturated carbocycles. The third kappa shape index (κ3) is 4.53. The zero-order chi connectivity index (χ0) is 7.28. The number of carboxylic acid groups (broad SMARTS) is 1.